The molecule has 2 aromatic carbocycles. The van der Waals surface area contributed by atoms with Crippen molar-refractivity contribution >= 4 is 34.8 Å². The number of rotatable bonds is 4. The summed E-state index contributed by atoms with van der Waals surface area (Å²) in [6, 6.07) is 8.88. The molecule has 0 aromatic heterocycles. The summed E-state index contributed by atoms with van der Waals surface area (Å²) in [6.07, 6.45) is 0. The number of anilines is 1. The first-order valence-electron chi connectivity index (χ1n) is 6.09. The lowest BCUT2D eigenvalue weighted by Crippen LogP contribution is -2.20. The van der Waals surface area contributed by atoms with Crippen LogP contribution in [0.4, 0.5) is 10.1 Å². The molecule has 1 N–H and O–H groups in total. The van der Waals surface area contributed by atoms with Crippen molar-refractivity contribution in [2.24, 2.45) is 0 Å². The molecule has 0 aliphatic heterocycles. The zero-order valence-corrected chi connectivity index (χ0v) is 12.6. The Morgan fingerprint density at radius 3 is 2.67 bits per heavy atom. The molecular formula is C15H12Cl2FNO2. The van der Waals surface area contributed by atoms with Crippen LogP contribution in [-0.2, 0) is 4.79 Å². The van der Waals surface area contributed by atoms with E-state index >= 15 is 0 Å². The van der Waals surface area contributed by atoms with Crippen molar-refractivity contribution in [2.75, 3.05) is 11.9 Å². The van der Waals surface area contributed by atoms with Gasteiger partial charge in [0.2, 0.25) is 0 Å². The zero-order chi connectivity index (χ0) is 15.4. The molecule has 6 heteroatoms. The van der Waals surface area contributed by atoms with Crippen LogP contribution in [0, 0.1) is 12.7 Å². The highest BCUT2D eigenvalue weighted by atomic mass is 35.5. The second-order valence-electron chi connectivity index (χ2n) is 4.37. The number of carbonyl (C=O) groups excluding carboxylic acids is 1. The fourth-order valence-corrected chi connectivity index (χ4v) is 1.92. The Hall–Kier alpha value is -1.78. The zero-order valence-electron chi connectivity index (χ0n) is 11.1. The summed E-state index contributed by atoms with van der Waals surface area (Å²) < 4.78 is 18.4. The summed E-state index contributed by atoms with van der Waals surface area (Å²) in [5.41, 5.74) is 1.18. The molecule has 0 heterocycles. The Labute approximate surface area is 131 Å². The molecular weight excluding hydrogens is 316 g/mol. The first-order valence-corrected chi connectivity index (χ1v) is 6.85. The van der Waals surface area contributed by atoms with Gasteiger partial charge in [0.1, 0.15) is 11.6 Å². The smallest absolute Gasteiger partial charge is 0.262 e. The number of benzene rings is 2. The summed E-state index contributed by atoms with van der Waals surface area (Å²) in [5, 5.41) is 3.33. The van der Waals surface area contributed by atoms with E-state index in [0.717, 1.165) is 5.56 Å². The molecule has 21 heavy (non-hydrogen) atoms. The summed E-state index contributed by atoms with van der Waals surface area (Å²) in [6.45, 7) is 1.56. The number of ether oxygens (including phenoxy) is 1. The van der Waals surface area contributed by atoms with E-state index in [-0.39, 0.29) is 6.61 Å². The molecule has 2 rings (SSSR count). The second-order valence-corrected chi connectivity index (χ2v) is 5.19. The topological polar surface area (TPSA) is 38.3 Å². The fraction of sp³-hybridized carbons (Fsp3) is 0.133. The SMILES string of the molecule is Cc1ccc(F)cc1NC(=O)COc1ccc(Cl)c(Cl)c1. The van der Waals surface area contributed by atoms with Gasteiger partial charge in [0.15, 0.2) is 6.61 Å². The van der Waals surface area contributed by atoms with Crippen LogP contribution in [0.3, 0.4) is 0 Å². The molecule has 0 saturated carbocycles. The maximum atomic E-state index is 13.1. The van der Waals surface area contributed by atoms with Gasteiger partial charge in [0.05, 0.1) is 10.0 Å². The third-order valence-electron chi connectivity index (χ3n) is 2.73. The van der Waals surface area contributed by atoms with Crippen LogP contribution in [-0.4, -0.2) is 12.5 Å². The van der Waals surface area contributed by atoms with E-state index in [1.807, 2.05) is 0 Å². The average molecular weight is 328 g/mol. The highest BCUT2D eigenvalue weighted by molar-refractivity contribution is 6.42. The monoisotopic (exact) mass is 327 g/mol. The van der Waals surface area contributed by atoms with Crippen molar-refractivity contribution in [1.29, 1.82) is 0 Å². The predicted octanol–water partition coefficient (Wildman–Crippen LogP) is 4.46. The minimum atomic E-state index is -0.415. The van der Waals surface area contributed by atoms with Crippen molar-refractivity contribution in [3.05, 3.63) is 57.8 Å². The largest absolute Gasteiger partial charge is 0.484 e. The number of nitrogens with one attached hydrogen (secondary N) is 1. The van der Waals surface area contributed by atoms with Gasteiger partial charge >= 0.3 is 0 Å². The summed E-state index contributed by atoms with van der Waals surface area (Å²) in [7, 11) is 0. The Morgan fingerprint density at radius 1 is 1.19 bits per heavy atom. The first kappa shape index (κ1) is 15.6. The highest BCUT2D eigenvalue weighted by Crippen LogP contribution is 2.26. The van der Waals surface area contributed by atoms with E-state index in [2.05, 4.69) is 5.32 Å². The number of aryl methyl sites for hydroxylation is 1. The van der Waals surface area contributed by atoms with E-state index in [4.69, 9.17) is 27.9 Å². The van der Waals surface area contributed by atoms with Gasteiger partial charge in [0, 0.05) is 11.8 Å². The van der Waals surface area contributed by atoms with Gasteiger partial charge < -0.3 is 10.1 Å². The number of carbonyl (C=O) groups is 1. The molecule has 0 aliphatic carbocycles. The Balaban J connectivity index is 1.95. The molecule has 0 atom stereocenters. The molecule has 0 aliphatic rings. The molecule has 110 valence electrons. The van der Waals surface area contributed by atoms with Gasteiger partial charge in [0.25, 0.3) is 5.91 Å². The Bertz CT molecular complexity index is 677. The third kappa shape index (κ3) is 4.34. The minimum Gasteiger partial charge on any atom is -0.484 e. The average Bonchev–Trinajstić information content (AvgIpc) is 2.44. The molecule has 0 unspecified atom stereocenters. The molecule has 1 amide bonds. The molecule has 2 aromatic rings. The van der Waals surface area contributed by atoms with E-state index < -0.39 is 11.7 Å². The lowest BCUT2D eigenvalue weighted by molar-refractivity contribution is -0.118. The molecule has 0 radical (unpaired) electrons. The third-order valence-corrected chi connectivity index (χ3v) is 3.47. The summed E-state index contributed by atoms with van der Waals surface area (Å²) in [5.74, 6) is -0.383. The van der Waals surface area contributed by atoms with Crippen molar-refractivity contribution in [3.8, 4) is 5.75 Å². The van der Waals surface area contributed by atoms with Gasteiger partial charge in [-0.25, -0.2) is 4.39 Å². The molecule has 3 nitrogen and oxygen atoms in total. The van der Waals surface area contributed by atoms with E-state index in [1.165, 1.54) is 18.2 Å². The Morgan fingerprint density at radius 2 is 1.95 bits per heavy atom. The van der Waals surface area contributed by atoms with Crippen LogP contribution >= 0.6 is 23.2 Å². The van der Waals surface area contributed by atoms with Crippen molar-refractivity contribution in [3.63, 3.8) is 0 Å². The van der Waals surface area contributed by atoms with Gasteiger partial charge in [-0.2, -0.15) is 0 Å². The van der Waals surface area contributed by atoms with E-state index in [0.29, 0.717) is 21.5 Å². The van der Waals surface area contributed by atoms with Crippen LogP contribution in [0.1, 0.15) is 5.56 Å². The minimum absolute atomic E-state index is 0.214. The predicted molar refractivity (Wildman–Crippen MR) is 81.7 cm³/mol. The van der Waals surface area contributed by atoms with E-state index in [1.54, 1.807) is 25.1 Å². The van der Waals surface area contributed by atoms with Crippen molar-refractivity contribution in [2.45, 2.75) is 6.92 Å². The normalized spacial score (nSPS) is 10.3. The van der Waals surface area contributed by atoms with Crippen LogP contribution in [0.5, 0.6) is 5.75 Å². The molecule has 0 fully saturated rings. The lowest BCUT2D eigenvalue weighted by Gasteiger charge is -2.10. The van der Waals surface area contributed by atoms with Crippen LogP contribution in [0.25, 0.3) is 0 Å². The molecule has 0 bridgehead atoms. The van der Waals surface area contributed by atoms with Crippen molar-refractivity contribution in [1.82, 2.24) is 0 Å². The lowest BCUT2D eigenvalue weighted by atomic mass is 10.2. The maximum absolute atomic E-state index is 13.1. The summed E-state index contributed by atoms with van der Waals surface area (Å²) in [4.78, 5) is 11.8. The number of amides is 1. The van der Waals surface area contributed by atoms with Gasteiger partial charge in [-0.15, -0.1) is 0 Å². The standard InChI is InChI=1S/C15H12Cl2FNO2/c1-9-2-3-10(18)6-14(9)19-15(20)8-21-11-4-5-12(16)13(17)7-11/h2-7H,8H2,1H3,(H,19,20). The van der Waals surface area contributed by atoms with Gasteiger partial charge in [-0.3, -0.25) is 4.79 Å². The van der Waals surface area contributed by atoms with Gasteiger partial charge in [-0.1, -0.05) is 29.3 Å². The van der Waals surface area contributed by atoms with E-state index in [9.17, 15) is 9.18 Å². The number of hydrogen-bond donors (Lipinski definition) is 1. The quantitative estimate of drug-likeness (QED) is 0.900. The van der Waals surface area contributed by atoms with Crippen LogP contribution < -0.4 is 10.1 Å². The maximum Gasteiger partial charge on any atom is 0.262 e. The van der Waals surface area contributed by atoms with Crippen LogP contribution in [0.15, 0.2) is 36.4 Å². The number of halogens is 3. The number of hydrogen-bond acceptors (Lipinski definition) is 2. The second kappa shape index (κ2) is 6.78. The molecule has 0 saturated heterocycles. The first-order chi connectivity index (χ1) is 9.95. The fourth-order valence-electron chi connectivity index (χ4n) is 1.63. The van der Waals surface area contributed by atoms with Gasteiger partial charge in [-0.05, 0) is 36.8 Å². The van der Waals surface area contributed by atoms with Crippen LogP contribution in [0.2, 0.25) is 10.0 Å². The molecule has 0 spiro atoms. The van der Waals surface area contributed by atoms with Crippen molar-refractivity contribution < 1.29 is 13.9 Å². The Kier molecular flexibility index (Phi) is 5.04. The highest BCUT2D eigenvalue weighted by Gasteiger charge is 2.08. The summed E-state index contributed by atoms with van der Waals surface area (Å²) >= 11 is 11.6.